The van der Waals surface area contributed by atoms with Crippen LogP contribution in [0, 0.1) is 16.0 Å². The largest absolute Gasteiger partial charge is 0.449 e. The van der Waals surface area contributed by atoms with Crippen molar-refractivity contribution in [2.45, 2.75) is 37.7 Å². The lowest BCUT2D eigenvalue weighted by Crippen LogP contribution is -2.44. The second-order valence-electron chi connectivity index (χ2n) is 7.96. The Morgan fingerprint density at radius 3 is 2.48 bits per heavy atom. The molecule has 0 radical (unpaired) electrons. The van der Waals surface area contributed by atoms with Crippen molar-refractivity contribution in [3.63, 3.8) is 0 Å². The molecule has 0 spiro atoms. The number of benzene rings is 2. The van der Waals surface area contributed by atoms with Crippen LogP contribution in [-0.2, 0) is 19.6 Å². The minimum absolute atomic E-state index is 0.0690. The van der Waals surface area contributed by atoms with Gasteiger partial charge in [0.1, 0.15) is 0 Å². The monoisotopic (exact) mass is 475 g/mol. The van der Waals surface area contributed by atoms with E-state index in [0.29, 0.717) is 19.0 Å². The molecule has 2 aromatic carbocycles. The lowest BCUT2D eigenvalue weighted by molar-refractivity contribution is -0.385. The van der Waals surface area contributed by atoms with Crippen molar-refractivity contribution in [3.05, 3.63) is 64.2 Å². The van der Waals surface area contributed by atoms with E-state index in [-0.39, 0.29) is 27.7 Å². The van der Waals surface area contributed by atoms with Crippen molar-refractivity contribution >= 4 is 33.3 Å². The van der Waals surface area contributed by atoms with Crippen molar-refractivity contribution < 1.29 is 27.7 Å². The number of likely N-dealkylation sites (tertiary alicyclic amines) is 1. The Balaban J connectivity index is 1.75. The average molecular weight is 476 g/mol. The Kier molecular flexibility index (Phi) is 7.32. The molecule has 33 heavy (non-hydrogen) atoms. The van der Waals surface area contributed by atoms with Crippen LogP contribution >= 0.6 is 0 Å². The van der Waals surface area contributed by atoms with Crippen LogP contribution in [0.5, 0.6) is 0 Å². The van der Waals surface area contributed by atoms with E-state index in [1.165, 1.54) is 49.4 Å². The number of carbonyl (C=O) groups is 2. The maximum absolute atomic E-state index is 12.8. The van der Waals surface area contributed by atoms with E-state index in [1.54, 1.807) is 4.90 Å². The highest BCUT2D eigenvalue weighted by molar-refractivity contribution is 7.92. The summed E-state index contributed by atoms with van der Waals surface area (Å²) in [5, 5.41) is 11.0. The first-order valence-electron chi connectivity index (χ1n) is 10.4. The predicted molar refractivity (Wildman–Crippen MR) is 120 cm³/mol. The van der Waals surface area contributed by atoms with Crippen molar-refractivity contribution in [1.29, 1.82) is 0 Å². The molecular formula is C22H25N3O7S. The summed E-state index contributed by atoms with van der Waals surface area (Å²) in [6, 6.07) is 10.3. The highest BCUT2D eigenvalue weighted by atomic mass is 32.2. The number of nitrogens with zero attached hydrogens (tertiary/aromatic N) is 2. The number of hydrogen-bond donors (Lipinski definition) is 1. The number of anilines is 1. The number of esters is 1. The topological polar surface area (TPSA) is 136 Å². The zero-order valence-electron chi connectivity index (χ0n) is 18.3. The summed E-state index contributed by atoms with van der Waals surface area (Å²) in [5.41, 5.74) is -0.538. The second kappa shape index (κ2) is 9.99. The molecule has 1 aliphatic heterocycles. The van der Waals surface area contributed by atoms with E-state index in [4.69, 9.17) is 4.74 Å². The fourth-order valence-corrected chi connectivity index (χ4v) is 4.60. The molecule has 0 unspecified atom stereocenters. The molecule has 0 aliphatic carbocycles. The van der Waals surface area contributed by atoms with Crippen molar-refractivity contribution in [1.82, 2.24) is 4.90 Å². The summed E-state index contributed by atoms with van der Waals surface area (Å²) in [6.45, 7) is 4.80. The van der Waals surface area contributed by atoms with Gasteiger partial charge in [-0.05, 0) is 43.9 Å². The molecule has 1 saturated heterocycles. The van der Waals surface area contributed by atoms with E-state index in [1.807, 2.05) is 0 Å². The smallest absolute Gasteiger partial charge is 0.341 e. The summed E-state index contributed by atoms with van der Waals surface area (Å²) in [4.78, 5) is 37.0. The van der Waals surface area contributed by atoms with Gasteiger partial charge in [-0.25, -0.2) is 13.2 Å². The molecule has 1 aliphatic rings. The molecule has 10 nitrogen and oxygen atoms in total. The number of amides is 1. The third kappa shape index (κ3) is 5.86. The molecule has 0 aromatic heterocycles. The molecule has 0 bridgehead atoms. The molecule has 1 atom stereocenters. The molecule has 3 rings (SSSR count). The standard InChI is InChI=1S/C22H25N3O7S/c1-15-10-12-24(13-11-15)21(26)16(2)32-22(27)19-8-3-4-9-20(19)23-33(30,31)18-7-5-6-17(14-18)25(28)29/h3-9,14-16,23H,10-13H2,1-2H3/t16-/m0/s1. The number of non-ortho nitro benzene ring substituents is 1. The van der Waals surface area contributed by atoms with Gasteiger partial charge in [-0.15, -0.1) is 0 Å². The van der Waals surface area contributed by atoms with Crippen molar-refractivity contribution in [2.24, 2.45) is 5.92 Å². The number of piperidine rings is 1. The first kappa shape index (κ1) is 24.2. The van der Waals surface area contributed by atoms with E-state index in [0.717, 1.165) is 18.9 Å². The van der Waals surface area contributed by atoms with Gasteiger partial charge >= 0.3 is 5.97 Å². The Morgan fingerprint density at radius 1 is 1.15 bits per heavy atom. The fraction of sp³-hybridized carbons (Fsp3) is 0.364. The molecule has 1 fully saturated rings. The Morgan fingerprint density at radius 2 is 1.82 bits per heavy atom. The number of nitrogens with one attached hydrogen (secondary N) is 1. The van der Waals surface area contributed by atoms with Gasteiger partial charge in [-0.3, -0.25) is 19.6 Å². The third-order valence-corrected chi connectivity index (χ3v) is 6.82. The Hall–Kier alpha value is -3.47. The summed E-state index contributed by atoms with van der Waals surface area (Å²) in [6.07, 6.45) is 0.732. The van der Waals surface area contributed by atoms with Gasteiger partial charge in [0.25, 0.3) is 21.6 Å². The number of nitro benzene ring substituents is 1. The molecule has 1 N–H and O–H groups in total. The van der Waals surface area contributed by atoms with Crippen molar-refractivity contribution in [3.8, 4) is 0 Å². The highest BCUT2D eigenvalue weighted by Gasteiger charge is 2.28. The van der Waals surface area contributed by atoms with Gasteiger partial charge in [-0.1, -0.05) is 25.1 Å². The van der Waals surface area contributed by atoms with Gasteiger partial charge in [-0.2, -0.15) is 0 Å². The fourth-order valence-electron chi connectivity index (χ4n) is 3.48. The maximum atomic E-state index is 12.8. The van der Waals surface area contributed by atoms with Gasteiger partial charge in [0, 0.05) is 25.2 Å². The van der Waals surface area contributed by atoms with Crippen LogP contribution in [0.3, 0.4) is 0 Å². The van der Waals surface area contributed by atoms with Crippen LogP contribution in [0.25, 0.3) is 0 Å². The summed E-state index contributed by atoms with van der Waals surface area (Å²) in [5.74, 6) is -0.624. The number of carbonyl (C=O) groups excluding carboxylic acids is 2. The van der Waals surface area contributed by atoms with Crippen LogP contribution in [0.15, 0.2) is 53.4 Å². The number of sulfonamides is 1. The third-order valence-electron chi connectivity index (χ3n) is 5.46. The summed E-state index contributed by atoms with van der Waals surface area (Å²) in [7, 11) is -4.23. The number of hydrogen-bond acceptors (Lipinski definition) is 7. The maximum Gasteiger partial charge on any atom is 0.341 e. The van der Waals surface area contributed by atoms with E-state index >= 15 is 0 Å². The molecule has 2 aromatic rings. The van der Waals surface area contributed by atoms with Crippen LogP contribution < -0.4 is 4.72 Å². The predicted octanol–water partition coefficient (Wildman–Crippen LogP) is 3.20. The minimum Gasteiger partial charge on any atom is -0.449 e. The van der Waals surface area contributed by atoms with E-state index in [9.17, 15) is 28.1 Å². The molecule has 11 heteroatoms. The van der Waals surface area contributed by atoms with Crippen LogP contribution in [0.2, 0.25) is 0 Å². The lowest BCUT2D eigenvalue weighted by Gasteiger charge is -2.32. The van der Waals surface area contributed by atoms with Crippen LogP contribution in [-0.4, -0.2) is 49.3 Å². The average Bonchev–Trinajstić information content (AvgIpc) is 2.79. The van der Waals surface area contributed by atoms with Crippen molar-refractivity contribution in [2.75, 3.05) is 17.8 Å². The van der Waals surface area contributed by atoms with Crippen LogP contribution in [0.4, 0.5) is 11.4 Å². The first-order chi connectivity index (χ1) is 15.6. The molecule has 0 saturated carbocycles. The molecule has 1 heterocycles. The van der Waals surface area contributed by atoms with Gasteiger partial charge in [0.2, 0.25) is 0 Å². The number of ether oxygens (including phenoxy) is 1. The Bertz CT molecular complexity index is 1160. The first-order valence-corrected chi connectivity index (χ1v) is 11.9. The lowest BCUT2D eigenvalue weighted by atomic mass is 9.99. The number of nitro groups is 1. The zero-order valence-corrected chi connectivity index (χ0v) is 19.1. The normalized spacial score (nSPS) is 15.5. The molecule has 176 valence electrons. The van der Waals surface area contributed by atoms with Crippen LogP contribution in [0.1, 0.15) is 37.0 Å². The number of para-hydroxylation sites is 1. The SMILES string of the molecule is CC1CCN(C(=O)[C@H](C)OC(=O)c2ccccc2NS(=O)(=O)c2cccc([N+](=O)[O-])c2)CC1. The van der Waals surface area contributed by atoms with Gasteiger partial charge in [0.15, 0.2) is 6.10 Å². The number of rotatable bonds is 7. The quantitative estimate of drug-likeness (QED) is 0.369. The van der Waals surface area contributed by atoms with E-state index in [2.05, 4.69) is 11.6 Å². The summed E-state index contributed by atoms with van der Waals surface area (Å²) < 4.78 is 33.1. The summed E-state index contributed by atoms with van der Waals surface area (Å²) >= 11 is 0. The zero-order chi connectivity index (χ0) is 24.2. The Labute approximate surface area is 191 Å². The highest BCUT2D eigenvalue weighted by Crippen LogP contribution is 2.24. The molecular weight excluding hydrogens is 450 g/mol. The van der Waals surface area contributed by atoms with Gasteiger partial charge in [0.05, 0.1) is 21.1 Å². The van der Waals surface area contributed by atoms with Gasteiger partial charge < -0.3 is 9.64 Å². The molecule has 1 amide bonds. The minimum atomic E-state index is -4.23. The van der Waals surface area contributed by atoms with E-state index < -0.39 is 27.0 Å². The second-order valence-corrected chi connectivity index (χ2v) is 9.64.